The summed E-state index contributed by atoms with van der Waals surface area (Å²) >= 11 is 0. The number of nitrogens with zero attached hydrogens (tertiary/aromatic N) is 2. The summed E-state index contributed by atoms with van der Waals surface area (Å²) in [7, 11) is 0. The van der Waals surface area contributed by atoms with Gasteiger partial charge in [0.15, 0.2) is 0 Å². The van der Waals surface area contributed by atoms with E-state index in [4.69, 9.17) is 5.11 Å². The van der Waals surface area contributed by atoms with Crippen molar-refractivity contribution < 1.29 is 14.8 Å². The number of nitro benzene ring substituents is 1. The molecule has 2 amide bonds. The van der Waals surface area contributed by atoms with Crippen molar-refractivity contribution >= 4 is 17.4 Å². The van der Waals surface area contributed by atoms with Crippen LogP contribution >= 0.6 is 0 Å². The number of non-ortho nitro benzene ring substituents is 1. The molecule has 0 aliphatic heterocycles. The molecule has 0 atom stereocenters. The number of carbonyl (C=O) groups excluding carboxylic acids is 1. The predicted octanol–water partition coefficient (Wildman–Crippen LogP) is 2.61. The Kier molecular flexibility index (Phi) is 7.17. The minimum absolute atomic E-state index is 0.0764. The molecule has 0 unspecified atom stereocenters. The van der Waals surface area contributed by atoms with E-state index < -0.39 is 4.92 Å². The highest BCUT2D eigenvalue weighted by Gasteiger charge is 2.14. The second kappa shape index (κ2) is 8.91. The van der Waals surface area contributed by atoms with Crippen molar-refractivity contribution in [2.75, 3.05) is 25.0 Å². The summed E-state index contributed by atoms with van der Waals surface area (Å²) < 4.78 is 0. The number of rotatable bonds is 8. The molecule has 116 valence electrons. The minimum Gasteiger partial charge on any atom is -0.395 e. The number of unbranched alkanes of at least 4 members (excludes halogenated alkanes) is 2. The average Bonchev–Trinajstić information content (AvgIpc) is 2.46. The van der Waals surface area contributed by atoms with Crippen LogP contribution in [0.1, 0.15) is 26.2 Å². The van der Waals surface area contributed by atoms with Crippen molar-refractivity contribution in [2.45, 2.75) is 26.2 Å². The predicted molar refractivity (Wildman–Crippen MR) is 80.3 cm³/mol. The third-order valence-electron chi connectivity index (χ3n) is 3.00. The third kappa shape index (κ3) is 5.78. The van der Waals surface area contributed by atoms with E-state index in [-0.39, 0.29) is 24.9 Å². The van der Waals surface area contributed by atoms with Crippen molar-refractivity contribution in [1.29, 1.82) is 0 Å². The van der Waals surface area contributed by atoms with Gasteiger partial charge in [0.25, 0.3) is 5.69 Å². The lowest BCUT2D eigenvalue weighted by molar-refractivity contribution is -0.384. The van der Waals surface area contributed by atoms with E-state index in [0.717, 1.165) is 19.3 Å². The van der Waals surface area contributed by atoms with Gasteiger partial charge in [0.2, 0.25) is 0 Å². The molecule has 0 fully saturated rings. The molecule has 1 aromatic carbocycles. The summed E-state index contributed by atoms with van der Waals surface area (Å²) in [6, 6.07) is 5.42. The number of urea groups is 1. The summed E-state index contributed by atoms with van der Waals surface area (Å²) in [5, 5.41) is 22.3. The van der Waals surface area contributed by atoms with Gasteiger partial charge in [-0.1, -0.05) is 25.8 Å². The zero-order chi connectivity index (χ0) is 15.7. The van der Waals surface area contributed by atoms with Gasteiger partial charge in [-0.3, -0.25) is 10.1 Å². The second-order valence-corrected chi connectivity index (χ2v) is 4.66. The monoisotopic (exact) mass is 295 g/mol. The molecular weight excluding hydrogens is 274 g/mol. The van der Waals surface area contributed by atoms with Crippen LogP contribution in [0.25, 0.3) is 0 Å². The average molecular weight is 295 g/mol. The number of nitro groups is 1. The lowest BCUT2D eigenvalue weighted by Crippen LogP contribution is -2.37. The standard InChI is InChI=1S/C14H21N3O4/c1-2-3-4-8-16(9-10-18)14(19)15-12-6-5-7-13(11-12)17(20)21/h5-7,11,18H,2-4,8-10H2,1H3,(H,15,19). The number of hydrogen-bond acceptors (Lipinski definition) is 4. The number of aliphatic hydroxyl groups excluding tert-OH is 1. The molecule has 0 aliphatic rings. The number of aliphatic hydroxyl groups is 1. The van der Waals surface area contributed by atoms with E-state index >= 15 is 0 Å². The normalized spacial score (nSPS) is 10.2. The molecule has 0 spiro atoms. The Morgan fingerprint density at radius 3 is 2.76 bits per heavy atom. The maximum absolute atomic E-state index is 12.1. The first kappa shape index (κ1) is 16.9. The maximum Gasteiger partial charge on any atom is 0.321 e. The van der Waals surface area contributed by atoms with Gasteiger partial charge >= 0.3 is 6.03 Å². The molecule has 1 rings (SSSR count). The van der Waals surface area contributed by atoms with Gasteiger partial charge in [0, 0.05) is 30.9 Å². The zero-order valence-electron chi connectivity index (χ0n) is 12.1. The molecule has 0 heterocycles. The fraction of sp³-hybridized carbons (Fsp3) is 0.500. The molecule has 21 heavy (non-hydrogen) atoms. The third-order valence-corrected chi connectivity index (χ3v) is 3.00. The molecule has 0 aliphatic carbocycles. The fourth-order valence-corrected chi connectivity index (χ4v) is 1.89. The minimum atomic E-state index is -0.512. The van der Waals surface area contributed by atoms with E-state index in [9.17, 15) is 14.9 Å². The molecule has 0 saturated carbocycles. The van der Waals surface area contributed by atoms with E-state index in [2.05, 4.69) is 12.2 Å². The van der Waals surface area contributed by atoms with Crippen LogP contribution in [0.5, 0.6) is 0 Å². The number of anilines is 1. The van der Waals surface area contributed by atoms with Crippen molar-refractivity contribution in [3.63, 3.8) is 0 Å². The van der Waals surface area contributed by atoms with Crippen molar-refractivity contribution in [2.24, 2.45) is 0 Å². The fourth-order valence-electron chi connectivity index (χ4n) is 1.89. The van der Waals surface area contributed by atoms with Crippen LogP contribution in [0.15, 0.2) is 24.3 Å². The Labute approximate surface area is 123 Å². The molecule has 7 nitrogen and oxygen atoms in total. The van der Waals surface area contributed by atoms with E-state index in [1.807, 2.05) is 0 Å². The van der Waals surface area contributed by atoms with Crippen molar-refractivity contribution in [1.82, 2.24) is 4.90 Å². The molecule has 1 aromatic rings. The Bertz CT molecular complexity index is 479. The van der Waals surface area contributed by atoms with Crippen LogP contribution in [0.3, 0.4) is 0 Å². The molecule has 0 radical (unpaired) electrons. The van der Waals surface area contributed by atoms with Gasteiger partial charge in [-0.05, 0) is 12.5 Å². The van der Waals surface area contributed by atoms with Gasteiger partial charge in [-0.25, -0.2) is 4.79 Å². The van der Waals surface area contributed by atoms with Crippen LogP contribution in [-0.2, 0) is 0 Å². The molecule has 7 heteroatoms. The van der Waals surface area contributed by atoms with E-state index in [1.165, 1.54) is 23.1 Å². The highest BCUT2D eigenvalue weighted by molar-refractivity contribution is 5.89. The maximum atomic E-state index is 12.1. The van der Waals surface area contributed by atoms with Gasteiger partial charge in [0.1, 0.15) is 0 Å². The summed E-state index contributed by atoms with van der Waals surface area (Å²) in [4.78, 5) is 23.8. The van der Waals surface area contributed by atoms with Crippen LogP contribution < -0.4 is 5.32 Å². The first-order valence-electron chi connectivity index (χ1n) is 6.99. The smallest absolute Gasteiger partial charge is 0.321 e. The summed E-state index contributed by atoms with van der Waals surface area (Å²) in [5.74, 6) is 0. The quantitative estimate of drug-likeness (QED) is 0.438. The molecule has 2 N–H and O–H groups in total. The zero-order valence-corrected chi connectivity index (χ0v) is 12.1. The largest absolute Gasteiger partial charge is 0.395 e. The molecule has 0 aromatic heterocycles. The van der Waals surface area contributed by atoms with Crippen LogP contribution in [0.4, 0.5) is 16.2 Å². The van der Waals surface area contributed by atoms with Gasteiger partial charge < -0.3 is 15.3 Å². The van der Waals surface area contributed by atoms with E-state index in [0.29, 0.717) is 12.2 Å². The van der Waals surface area contributed by atoms with Gasteiger partial charge in [-0.2, -0.15) is 0 Å². The van der Waals surface area contributed by atoms with Crippen LogP contribution in [0.2, 0.25) is 0 Å². The number of benzene rings is 1. The first-order valence-corrected chi connectivity index (χ1v) is 6.99. The van der Waals surface area contributed by atoms with Gasteiger partial charge in [-0.15, -0.1) is 0 Å². The first-order chi connectivity index (χ1) is 10.1. The van der Waals surface area contributed by atoms with Crippen LogP contribution in [0, 0.1) is 10.1 Å². The Morgan fingerprint density at radius 1 is 1.38 bits per heavy atom. The number of nitrogens with one attached hydrogen (secondary N) is 1. The Balaban J connectivity index is 2.67. The molecule has 0 bridgehead atoms. The Morgan fingerprint density at radius 2 is 2.14 bits per heavy atom. The SMILES string of the molecule is CCCCCN(CCO)C(=O)Nc1cccc([N+](=O)[O-])c1. The van der Waals surface area contributed by atoms with Crippen molar-refractivity contribution in [3.8, 4) is 0 Å². The van der Waals surface area contributed by atoms with Gasteiger partial charge in [0.05, 0.1) is 11.5 Å². The topological polar surface area (TPSA) is 95.7 Å². The van der Waals surface area contributed by atoms with Crippen molar-refractivity contribution in [3.05, 3.63) is 34.4 Å². The Hall–Kier alpha value is -2.15. The number of carbonyl (C=O) groups is 1. The van der Waals surface area contributed by atoms with E-state index in [1.54, 1.807) is 6.07 Å². The number of amides is 2. The highest BCUT2D eigenvalue weighted by atomic mass is 16.6. The van der Waals surface area contributed by atoms with Crippen LogP contribution in [-0.4, -0.2) is 40.7 Å². The molecule has 0 saturated heterocycles. The highest BCUT2D eigenvalue weighted by Crippen LogP contribution is 2.17. The summed E-state index contributed by atoms with van der Waals surface area (Å²) in [5.41, 5.74) is 0.292. The lowest BCUT2D eigenvalue weighted by Gasteiger charge is -2.22. The summed E-state index contributed by atoms with van der Waals surface area (Å²) in [6.07, 6.45) is 2.91. The number of hydrogen-bond donors (Lipinski definition) is 2. The second-order valence-electron chi connectivity index (χ2n) is 4.66. The lowest BCUT2D eigenvalue weighted by atomic mass is 10.2. The summed E-state index contributed by atoms with van der Waals surface area (Å²) in [6.45, 7) is 2.74. The molecular formula is C14H21N3O4.